The van der Waals surface area contributed by atoms with Crippen molar-refractivity contribution in [3.05, 3.63) is 65.7 Å². The summed E-state index contributed by atoms with van der Waals surface area (Å²) in [5.74, 6) is 0.0666. The van der Waals surface area contributed by atoms with Gasteiger partial charge < -0.3 is 5.32 Å². The summed E-state index contributed by atoms with van der Waals surface area (Å²) in [5.41, 5.74) is 2.35. The van der Waals surface area contributed by atoms with Crippen molar-refractivity contribution in [2.24, 2.45) is 0 Å². The van der Waals surface area contributed by atoms with E-state index in [4.69, 9.17) is 0 Å². The zero-order chi connectivity index (χ0) is 15.2. The predicted molar refractivity (Wildman–Crippen MR) is 89.5 cm³/mol. The first kappa shape index (κ1) is 15.6. The standard InChI is InChI=1S/C18H21NOS/c1-13-9-11-17(12-10-13)21-15(3)18(20)19-14(2)16-7-5-4-6-8-16/h4-12,14-15H,1-3H3,(H,19,20)/t14-,15?/m0/s1. The molecule has 1 amide bonds. The monoisotopic (exact) mass is 299 g/mol. The van der Waals surface area contributed by atoms with E-state index in [9.17, 15) is 4.79 Å². The van der Waals surface area contributed by atoms with Gasteiger partial charge in [0.05, 0.1) is 11.3 Å². The van der Waals surface area contributed by atoms with Crippen LogP contribution in [0.5, 0.6) is 0 Å². The van der Waals surface area contributed by atoms with Crippen LogP contribution < -0.4 is 5.32 Å². The summed E-state index contributed by atoms with van der Waals surface area (Å²) in [4.78, 5) is 13.4. The lowest BCUT2D eigenvalue weighted by Gasteiger charge is -2.17. The predicted octanol–water partition coefficient (Wildman–Crippen LogP) is 4.35. The van der Waals surface area contributed by atoms with Crippen LogP contribution in [0.2, 0.25) is 0 Å². The molecule has 2 aromatic carbocycles. The minimum Gasteiger partial charge on any atom is -0.349 e. The van der Waals surface area contributed by atoms with Gasteiger partial charge >= 0.3 is 0 Å². The van der Waals surface area contributed by atoms with E-state index in [1.807, 2.05) is 44.2 Å². The Morgan fingerprint density at radius 3 is 2.24 bits per heavy atom. The number of aryl methyl sites for hydroxylation is 1. The topological polar surface area (TPSA) is 29.1 Å². The van der Waals surface area contributed by atoms with Crippen LogP contribution >= 0.6 is 11.8 Å². The van der Waals surface area contributed by atoms with Gasteiger partial charge in [0.25, 0.3) is 0 Å². The molecule has 21 heavy (non-hydrogen) atoms. The molecule has 0 spiro atoms. The number of nitrogens with one attached hydrogen (secondary N) is 1. The number of carbonyl (C=O) groups is 1. The summed E-state index contributed by atoms with van der Waals surface area (Å²) >= 11 is 1.59. The quantitative estimate of drug-likeness (QED) is 0.831. The molecule has 0 fully saturated rings. The number of carbonyl (C=O) groups excluding carboxylic acids is 1. The van der Waals surface area contributed by atoms with Crippen molar-refractivity contribution < 1.29 is 4.79 Å². The average Bonchev–Trinajstić information content (AvgIpc) is 2.50. The molecule has 0 aliphatic heterocycles. The van der Waals surface area contributed by atoms with E-state index in [1.54, 1.807) is 11.8 Å². The second-order valence-corrected chi connectivity index (χ2v) is 6.63. The first-order valence-corrected chi connectivity index (χ1v) is 8.03. The third kappa shape index (κ3) is 4.64. The highest BCUT2D eigenvalue weighted by Crippen LogP contribution is 2.24. The molecule has 2 nitrogen and oxygen atoms in total. The second-order valence-electron chi connectivity index (χ2n) is 5.21. The van der Waals surface area contributed by atoms with Crippen LogP contribution in [0.4, 0.5) is 0 Å². The molecular formula is C18H21NOS. The summed E-state index contributed by atoms with van der Waals surface area (Å²) < 4.78 is 0. The lowest BCUT2D eigenvalue weighted by Crippen LogP contribution is -2.33. The van der Waals surface area contributed by atoms with E-state index in [-0.39, 0.29) is 17.2 Å². The maximum atomic E-state index is 12.3. The number of thioether (sulfide) groups is 1. The van der Waals surface area contributed by atoms with Crippen LogP contribution in [-0.4, -0.2) is 11.2 Å². The van der Waals surface area contributed by atoms with Gasteiger partial charge in [0.2, 0.25) is 5.91 Å². The minimum absolute atomic E-state index is 0.0276. The Morgan fingerprint density at radius 1 is 1.00 bits per heavy atom. The van der Waals surface area contributed by atoms with Crippen LogP contribution in [0.15, 0.2) is 59.5 Å². The van der Waals surface area contributed by atoms with Crippen molar-refractivity contribution in [1.29, 1.82) is 0 Å². The summed E-state index contributed by atoms with van der Waals surface area (Å²) in [6.07, 6.45) is 0. The van der Waals surface area contributed by atoms with Gasteiger partial charge in [-0.2, -0.15) is 0 Å². The van der Waals surface area contributed by atoms with Gasteiger partial charge in [-0.05, 0) is 38.5 Å². The fourth-order valence-corrected chi connectivity index (χ4v) is 2.91. The molecule has 0 radical (unpaired) electrons. The van der Waals surface area contributed by atoms with E-state index >= 15 is 0 Å². The largest absolute Gasteiger partial charge is 0.349 e. The minimum atomic E-state index is -0.112. The Balaban J connectivity index is 1.92. The molecule has 0 heterocycles. The Morgan fingerprint density at radius 2 is 1.62 bits per heavy atom. The third-order valence-electron chi connectivity index (χ3n) is 3.36. The molecule has 1 N–H and O–H groups in total. The molecule has 0 aliphatic carbocycles. The summed E-state index contributed by atoms with van der Waals surface area (Å²) in [5, 5.41) is 2.96. The summed E-state index contributed by atoms with van der Waals surface area (Å²) in [6.45, 7) is 6.01. The molecule has 2 rings (SSSR count). The Kier molecular flexibility index (Phi) is 5.45. The van der Waals surface area contributed by atoms with E-state index in [0.29, 0.717) is 0 Å². The van der Waals surface area contributed by atoms with Crippen molar-refractivity contribution in [1.82, 2.24) is 5.32 Å². The fraction of sp³-hybridized carbons (Fsp3) is 0.278. The lowest BCUT2D eigenvalue weighted by molar-refractivity contribution is -0.120. The number of hydrogen-bond donors (Lipinski definition) is 1. The SMILES string of the molecule is Cc1ccc(SC(C)C(=O)N[C@@H](C)c2ccccc2)cc1. The van der Waals surface area contributed by atoms with Crippen molar-refractivity contribution in [2.45, 2.75) is 37.0 Å². The highest BCUT2D eigenvalue weighted by atomic mass is 32.2. The van der Waals surface area contributed by atoms with Crippen molar-refractivity contribution in [3.63, 3.8) is 0 Å². The van der Waals surface area contributed by atoms with Crippen LogP contribution in [0.3, 0.4) is 0 Å². The zero-order valence-electron chi connectivity index (χ0n) is 12.7. The van der Waals surface area contributed by atoms with Gasteiger partial charge in [0, 0.05) is 4.90 Å². The molecule has 1 unspecified atom stereocenters. The number of hydrogen-bond acceptors (Lipinski definition) is 2. The van der Waals surface area contributed by atoms with E-state index in [1.165, 1.54) is 5.56 Å². The van der Waals surface area contributed by atoms with Gasteiger partial charge in [-0.25, -0.2) is 0 Å². The third-order valence-corrected chi connectivity index (χ3v) is 4.47. The van der Waals surface area contributed by atoms with Gasteiger partial charge in [0.15, 0.2) is 0 Å². The molecule has 0 saturated heterocycles. The van der Waals surface area contributed by atoms with Crippen LogP contribution in [-0.2, 0) is 4.79 Å². The van der Waals surface area contributed by atoms with E-state index < -0.39 is 0 Å². The molecule has 0 aliphatic rings. The van der Waals surface area contributed by atoms with Crippen molar-refractivity contribution >= 4 is 17.7 Å². The number of amides is 1. The van der Waals surface area contributed by atoms with Gasteiger partial charge in [-0.1, -0.05) is 48.0 Å². The Hall–Kier alpha value is -1.74. The van der Waals surface area contributed by atoms with Gasteiger partial charge in [-0.3, -0.25) is 4.79 Å². The fourth-order valence-electron chi connectivity index (χ4n) is 2.03. The molecule has 3 heteroatoms. The average molecular weight is 299 g/mol. The van der Waals surface area contributed by atoms with E-state index in [0.717, 1.165) is 10.5 Å². The first-order valence-electron chi connectivity index (χ1n) is 7.15. The maximum Gasteiger partial charge on any atom is 0.233 e. The summed E-state index contributed by atoms with van der Waals surface area (Å²) in [6, 6.07) is 18.3. The van der Waals surface area contributed by atoms with Gasteiger partial charge in [-0.15, -0.1) is 11.8 Å². The highest BCUT2D eigenvalue weighted by Gasteiger charge is 2.17. The van der Waals surface area contributed by atoms with E-state index in [2.05, 4.69) is 36.5 Å². The normalized spacial score (nSPS) is 13.5. The van der Waals surface area contributed by atoms with Crippen LogP contribution in [0, 0.1) is 6.92 Å². The molecule has 0 aromatic heterocycles. The smallest absolute Gasteiger partial charge is 0.233 e. The number of rotatable bonds is 5. The lowest BCUT2D eigenvalue weighted by atomic mass is 10.1. The summed E-state index contributed by atoms with van der Waals surface area (Å²) in [7, 11) is 0. The highest BCUT2D eigenvalue weighted by molar-refractivity contribution is 8.00. The molecule has 2 atom stereocenters. The molecule has 0 bridgehead atoms. The maximum absolute atomic E-state index is 12.3. The van der Waals surface area contributed by atoms with Gasteiger partial charge in [0.1, 0.15) is 0 Å². The number of benzene rings is 2. The molecule has 110 valence electrons. The molecule has 2 aromatic rings. The van der Waals surface area contributed by atoms with Crippen LogP contribution in [0.1, 0.15) is 31.0 Å². The molecular weight excluding hydrogens is 278 g/mol. The second kappa shape index (κ2) is 7.32. The first-order chi connectivity index (χ1) is 10.1. The Bertz CT molecular complexity index is 580. The van der Waals surface area contributed by atoms with Crippen LogP contribution in [0.25, 0.3) is 0 Å². The zero-order valence-corrected chi connectivity index (χ0v) is 13.5. The Labute approximate surface area is 131 Å². The van der Waals surface area contributed by atoms with Crippen molar-refractivity contribution in [2.75, 3.05) is 0 Å². The molecule has 0 saturated carbocycles. The van der Waals surface area contributed by atoms with Crippen molar-refractivity contribution in [3.8, 4) is 0 Å².